The third-order valence-corrected chi connectivity index (χ3v) is 4.00. The van der Waals surface area contributed by atoms with Crippen LogP contribution in [0.5, 0.6) is 0 Å². The molecule has 1 saturated heterocycles. The molecule has 1 unspecified atom stereocenters. The first-order chi connectivity index (χ1) is 7.74. The van der Waals surface area contributed by atoms with E-state index in [2.05, 4.69) is 17.1 Å². The van der Waals surface area contributed by atoms with E-state index in [1.54, 1.807) is 0 Å². The SMILES string of the molecule is C[C@H]1CN(CC(O)CC2CCCC2)CCN1. The highest BCUT2D eigenvalue weighted by atomic mass is 16.3. The van der Waals surface area contributed by atoms with E-state index >= 15 is 0 Å². The van der Waals surface area contributed by atoms with Crippen molar-refractivity contribution in [2.45, 2.75) is 51.2 Å². The highest BCUT2D eigenvalue weighted by Gasteiger charge is 2.22. The molecule has 2 atom stereocenters. The second kappa shape index (κ2) is 5.99. The van der Waals surface area contributed by atoms with Gasteiger partial charge in [0.1, 0.15) is 0 Å². The summed E-state index contributed by atoms with van der Waals surface area (Å²) in [4.78, 5) is 2.40. The molecular formula is C13H26N2O. The summed E-state index contributed by atoms with van der Waals surface area (Å²) in [5.74, 6) is 0.801. The molecule has 1 aliphatic heterocycles. The third-order valence-electron chi connectivity index (χ3n) is 4.00. The summed E-state index contributed by atoms with van der Waals surface area (Å²) in [5, 5.41) is 13.5. The molecule has 0 aromatic heterocycles. The molecule has 3 nitrogen and oxygen atoms in total. The topological polar surface area (TPSA) is 35.5 Å². The van der Waals surface area contributed by atoms with E-state index in [0.717, 1.165) is 38.5 Å². The van der Waals surface area contributed by atoms with Gasteiger partial charge in [-0.1, -0.05) is 25.7 Å². The van der Waals surface area contributed by atoms with Crippen LogP contribution in [-0.4, -0.2) is 48.3 Å². The van der Waals surface area contributed by atoms with E-state index in [1.165, 1.54) is 25.7 Å². The standard InChI is InChI=1S/C13H26N2O/c1-11-9-15(7-6-14-11)10-13(16)8-12-4-2-3-5-12/h11-14,16H,2-10H2,1H3/t11-,13?/m0/s1. The van der Waals surface area contributed by atoms with Gasteiger partial charge in [-0.3, -0.25) is 4.90 Å². The Morgan fingerprint density at radius 3 is 2.81 bits per heavy atom. The average molecular weight is 226 g/mol. The molecule has 16 heavy (non-hydrogen) atoms. The van der Waals surface area contributed by atoms with Crippen molar-refractivity contribution in [1.29, 1.82) is 0 Å². The summed E-state index contributed by atoms with van der Waals surface area (Å²) in [5.41, 5.74) is 0. The molecule has 0 aromatic carbocycles. The van der Waals surface area contributed by atoms with Crippen molar-refractivity contribution in [3.05, 3.63) is 0 Å². The van der Waals surface area contributed by atoms with Gasteiger partial charge in [0.25, 0.3) is 0 Å². The van der Waals surface area contributed by atoms with Crippen molar-refractivity contribution < 1.29 is 5.11 Å². The fourth-order valence-electron chi connectivity index (χ4n) is 3.18. The molecule has 0 radical (unpaired) electrons. The molecule has 94 valence electrons. The molecule has 1 aliphatic carbocycles. The first-order valence-corrected chi connectivity index (χ1v) is 6.88. The van der Waals surface area contributed by atoms with E-state index in [4.69, 9.17) is 0 Å². The highest BCUT2D eigenvalue weighted by Crippen LogP contribution is 2.28. The number of nitrogens with one attached hydrogen (secondary N) is 1. The summed E-state index contributed by atoms with van der Waals surface area (Å²) in [6.45, 7) is 6.34. The van der Waals surface area contributed by atoms with Gasteiger partial charge in [-0.25, -0.2) is 0 Å². The number of piperazine rings is 1. The highest BCUT2D eigenvalue weighted by molar-refractivity contribution is 4.78. The normalized spacial score (nSPS) is 30.8. The number of β-amino-alcohol motifs (C(OH)–C–C–N with tert-alkyl or cyclic N) is 1. The number of hydrogen-bond donors (Lipinski definition) is 2. The van der Waals surface area contributed by atoms with Gasteiger partial charge in [0.05, 0.1) is 6.10 Å². The van der Waals surface area contributed by atoms with Crippen molar-refractivity contribution in [3.63, 3.8) is 0 Å². The van der Waals surface area contributed by atoms with Crippen LogP contribution >= 0.6 is 0 Å². The van der Waals surface area contributed by atoms with Crippen LogP contribution in [-0.2, 0) is 0 Å². The van der Waals surface area contributed by atoms with Crippen molar-refractivity contribution in [2.24, 2.45) is 5.92 Å². The lowest BCUT2D eigenvalue weighted by atomic mass is 9.99. The van der Waals surface area contributed by atoms with Crippen LogP contribution in [0, 0.1) is 5.92 Å². The lowest BCUT2D eigenvalue weighted by Crippen LogP contribution is -2.51. The minimum atomic E-state index is -0.103. The lowest BCUT2D eigenvalue weighted by Gasteiger charge is -2.33. The molecule has 2 fully saturated rings. The zero-order valence-electron chi connectivity index (χ0n) is 10.5. The number of aliphatic hydroxyl groups is 1. The van der Waals surface area contributed by atoms with Gasteiger partial charge in [-0.05, 0) is 19.3 Å². The average Bonchev–Trinajstić information content (AvgIpc) is 2.70. The monoisotopic (exact) mass is 226 g/mol. The zero-order valence-corrected chi connectivity index (χ0v) is 10.5. The molecule has 0 amide bonds. The summed E-state index contributed by atoms with van der Waals surface area (Å²) in [7, 11) is 0. The van der Waals surface area contributed by atoms with Gasteiger partial charge in [0.15, 0.2) is 0 Å². The second-order valence-corrected chi connectivity index (χ2v) is 5.65. The maximum Gasteiger partial charge on any atom is 0.0669 e. The maximum atomic E-state index is 10.1. The molecule has 1 heterocycles. The Kier molecular flexibility index (Phi) is 4.62. The zero-order chi connectivity index (χ0) is 11.4. The molecule has 0 aromatic rings. The predicted octanol–water partition coefficient (Wildman–Crippen LogP) is 1.22. The number of hydrogen-bond acceptors (Lipinski definition) is 3. The Morgan fingerprint density at radius 2 is 2.12 bits per heavy atom. The first kappa shape index (κ1) is 12.3. The van der Waals surface area contributed by atoms with Crippen LogP contribution < -0.4 is 5.32 Å². The van der Waals surface area contributed by atoms with Crippen LogP contribution in [0.2, 0.25) is 0 Å². The number of nitrogens with zero attached hydrogens (tertiary/aromatic N) is 1. The summed E-state index contributed by atoms with van der Waals surface area (Å²) in [6, 6.07) is 0.576. The second-order valence-electron chi connectivity index (χ2n) is 5.65. The van der Waals surface area contributed by atoms with Crippen molar-refractivity contribution in [1.82, 2.24) is 10.2 Å². The Bertz CT molecular complexity index is 204. The Hall–Kier alpha value is -0.120. The molecule has 3 heteroatoms. The van der Waals surface area contributed by atoms with E-state index < -0.39 is 0 Å². The summed E-state index contributed by atoms with van der Waals surface area (Å²) in [6.07, 6.45) is 6.36. The van der Waals surface area contributed by atoms with Gasteiger partial charge in [0.2, 0.25) is 0 Å². The van der Waals surface area contributed by atoms with Crippen molar-refractivity contribution in [3.8, 4) is 0 Å². The third kappa shape index (κ3) is 3.72. The van der Waals surface area contributed by atoms with Gasteiger partial charge >= 0.3 is 0 Å². The fraction of sp³-hybridized carbons (Fsp3) is 1.00. The number of aliphatic hydroxyl groups excluding tert-OH is 1. The Balaban J connectivity index is 1.67. The van der Waals surface area contributed by atoms with Crippen LogP contribution in [0.3, 0.4) is 0 Å². The van der Waals surface area contributed by atoms with E-state index in [0.29, 0.717) is 6.04 Å². The summed E-state index contributed by atoms with van der Waals surface area (Å²) < 4.78 is 0. The fourth-order valence-corrected chi connectivity index (χ4v) is 3.18. The molecule has 2 N–H and O–H groups in total. The summed E-state index contributed by atoms with van der Waals surface area (Å²) >= 11 is 0. The van der Waals surface area contributed by atoms with Gasteiger partial charge in [-0.15, -0.1) is 0 Å². The minimum Gasteiger partial charge on any atom is -0.392 e. The first-order valence-electron chi connectivity index (χ1n) is 6.88. The molecule has 2 aliphatic rings. The Labute approximate surface area is 99.2 Å². The molecular weight excluding hydrogens is 200 g/mol. The molecule has 0 bridgehead atoms. The van der Waals surface area contributed by atoms with E-state index in [-0.39, 0.29) is 6.10 Å². The molecule has 2 rings (SSSR count). The number of rotatable bonds is 4. The van der Waals surface area contributed by atoms with Gasteiger partial charge < -0.3 is 10.4 Å². The van der Waals surface area contributed by atoms with Gasteiger partial charge in [0, 0.05) is 32.2 Å². The van der Waals surface area contributed by atoms with Crippen LogP contribution in [0.1, 0.15) is 39.0 Å². The molecule has 1 saturated carbocycles. The van der Waals surface area contributed by atoms with Crippen LogP contribution in [0.15, 0.2) is 0 Å². The van der Waals surface area contributed by atoms with Gasteiger partial charge in [-0.2, -0.15) is 0 Å². The quantitative estimate of drug-likeness (QED) is 0.756. The lowest BCUT2D eigenvalue weighted by molar-refractivity contribution is 0.0784. The predicted molar refractivity (Wildman–Crippen MR) is 66.5 cm³/mol. The van der Waals surface area contributed by atoms with E-state index in [9.17, 15) is 5.11 Å². The van der Waals surface area contributed by atoms with Crippen molar-refractivity contribution in [2.75, 3.05) is 26.2 Å². The maximum absolute atomic E-state index is 10.1. The smallest absolute Gasteiger partial charge is 0.0669 e. The minimum absolute atomic E-state index is 0.103. The van der Waals surface area contributed by atoms with Crippen molar-refractivity contribution >= 4 is 0 Å². The largest absolute Gasteiger partial charge is 0.392 e. The molecule has 0 spiro atoms. The van der Waals surface area contributed by atoms with Crippen LogP contribution in [0.4, 0.5) is 0 Å². The van der Waals surface area contributed by atoms with E-state index in [1.807, 2.05) is 0 Å². The van der Waals surface area contributed by atoms with Crippen LogP contribution in [0.25, 0.3) is 0 Å². The Morgan fingerprint density at radius 1 is 1.38 bits per heavy atom.